The number of benzene rings is 1. The number of carboxylic acids is 1. The molecule has 1 aromatic rings. The number of hydrogen-bond donors (Lipinski definition) is 1. The zero-order valence-corrected chi connectivity index (χ0v) is 12.9. The number of likely N-dealkylation sites (tertiary alicyclic amines) is 1. The Labute approximate surface area is 135 Å². The van der Waals surface area contributed by atoms with Gasteiger partial charge in [0.1, 0.15) is 11.9 Å². The van der Waals surface area contributed by atoms with Crippen molar-refractivity contribution in [2.75, 3.05) is 19.7 Å². The Morgan fingerprint density at radius 1 is 1.22 bits per heavy atom. The summed E-state index contributed by atoms with van der Waals surface area (Å²) < 4.78 is 11.2. The molecule has 1 N–H and O–H groups in total. The van der Waals surface area contributed by atoms with E-state index in [1.807, 2.05) is 6.07 Å². The summed E-state index contributed by atoms with van der Waals surface area (Å²) in [7, 11) is 0. The molecule has 0 unspecified atom stereocenters. The molecule has 0 bridgehead atoms. The standard InChI is InChI=1S/C17H21NO5/c19-15(14-7-4-12-22-14)18-10-8-17(9-11-18,16(20)21)23-13-5-2-1-3-6-13/h1-3,5-6,14H,4,7-12H2,(H,20,21)/t14-/m1/s1. The van der Waals surface area contributed by atoms with E-state index in [2.05, 4.69) is 0 Å². The molecule has 6 nitrogen and oxygen atoms in total. The maximum absolute atomic E-state index is 12.4. The van der Waals surface area contributed by atoms with Crippen molar-refractivity contribution in [3.63, 3.8) is 0 Å². The molecule has 2 fully saturated rings. The Morgan fingerprint density at radius 2 is 1.91 bits per heavy atom. The Morgan fingerprint density at radius 3 is 2.48 bits per heavy atom. The van der Waals surface area contributed by atoms with Crippen LogP contribution in [0.2, 0.25) is 0 Å². The van der Waals surface area contributed by atoms with Crippen molar-refractivity contribution in [1.29, 1.82) is 0 Å². The molecule has 0 radical (unpaired) electrons. The zero-order valence-electron chi connectivity index (χ0n) is 12.9. The number of ether oxygens (including phenoxy) is 2. The molecular formula is C17H21NO5. The lowest BCUT2D eigenvalue weighted by Crippen LogP contribution is -2.55. The van der Waals surface area contributed by atoms with Gasteiger partial charge in [0.2, 0.25) is 5.60 Å². The van der Waals surface area contributed by atoms with Crippen molar-refractivity contribution in [3.8, 4) is 5.75 Å². The van der Waals surface area contributed by atoms with E-state index in [9.17, 15) is 14.7 Å². The van der Waals surface area contributed by atoms with Crippen molar-refractivity contribution in [2.45, 2.75) is 37.4 Å². The first-order valence-electron chi connectivity index (χ1n) is 7.99. The quantitative estimate of drug-likeness (QED) is 0.914. The molecule has 2 saturated heterocycles. The summed E-state index contributed by atoms with van der Waals surface area (Å²) in [6.45, 7) is 1.37. The second-order valence-electron chi connectivity index (χ2n) is 6.04. The molecule has 124 valence electrons. The van der Waals surface area contributed by atoms with Crippen LogP contribution >= 0.6 is 0 Å². The lowest BCUT2D eigenvalue weighted by Gasteiger charge is -2.39. The van der Waals surface area contributed by atoms with Gasteiger partial charge in [-0.15, -0.1) is 0 Å². The molecule has 0 spiro atoms. The van der Waals surface area contributed by atoms with Crippen LogP contribution in [-0.4, -0.2) is 53.3 Å². The van der Waals surface area contributed by atoms with Gasteiger partial charge in [0.25, 0.3) is 5.91 Å². The fourth-order valence-electron chi connectivity index (χ4n) is 3.14. The van der Waals surface area contributed by atoms with Crippen molar-refractivity contribution in [1.82, 2.24) is 4.90 Å². The lowest BCUT2D eigenvalue weighted by atomic mass is 9.90. The number of carboxylic acid groups (broad SMARTS) is 1. The number of nitrogens with zero attached hydrogens (tertiary/aromatic N) is 1. The van der Waals surface area contributed by atoms with E-state index in [1.54, 1.807) is 29.2 Å². The van der Waals surface area contributed by atoms with Crippen molar-refractivity contribution in [2.24, 2.45) is 0 Å². The number of carbonyl (C=O) groups is 2. The van der Waals surface area contributed by atoms with E-state index < -0.39 is 11.6 Å². The van der Waals surface area contributed by atoms with E-state index in [4.69, 9.17) is 9.47 Å². The molecule has 1 aromatic carbocycles. The number of amides is 1. The number of aliphatic carboxylic acids is 1. The highest BCUT2D eigenvalue weighted by Gasteiger charge is 2.45. The van der Waals surface area contributed by atoms with Crippen molar-refractivity contribution >= 4 is 11.9 Å². The largest absolute Gasteiger partial charge is 0.478 e. The van der Waals surface area contributed by atoms with Crippen LogP contribution < -0.4 is 4.74 Å². The molecule has 0 aliphatic carbocycles. The second-order valence-corrected chi connectivity index (χ2v) is 6.04. The van der Waals surface area contributed by atoms with Crippen molar-refractivity contribution < 1.29 is 24.2 Å². The van der Waals surface area contributed by atoms with E-state index in [1.165, 1.54) is 0 Å². The number of rotatable bonds is 4. The molecule has 2 aliphatic heterocycles. The van der Waals surface area contributed by atoms with Gasteiger partial charge in [-0.3, -0.25) is 4.79 Å². The second kappa shape index (κ2) is 6.58. The molecule has 1 atom stereocenters. The summed E-state index contributed by atoms with van der Waals surface area (Å²) in [5.41, 5.74) is -1.27. The van der Waals surface area contributed by atoms with Gasteiger partial charge in [-0.2, -0.15) is 0 Å². The molecule has 3 rings (SSSR count). The Kier molecular flexibility index (Phi) is 4.52. The molecule has 23 heavy (non-hydrogen) atoms. The van der Waals surface area contributed by atoms with E-state index in [0.717, 1.165) is 12.8 Å². The summed E-state index contributed by atoms with van der Waals surface area (Å²) in [6, 6.07) is 8.95. The Balaban J connectivity index is 1.66. The molecule has 2 aliphatic rings. The maximum Gasteiger partial charge on any atom is 0.348 e. The lowest BCUT2D eigenvalue weighted by molar-refractivity contribution is -0.163. The molecule has 2 heterocycles. The number of hydrogen-bond acceptors (Lipinski definition) is 4. The average Bonchev–Trinajstić information content (AvgIpc) is 3.10. The first kappa shape index (κ1) is 15.8. The minimum absolute atomic E-state index is 0.0267. The number of carbonyl (C=O) groups excluding carboxylic acids is 1. The Bertz CT molecular complexity index is 560. The van der Waals surface area contributed by atoms with Gasteiger partial charge >= 0.3 is 5.97 Å². The highest BCUT2D eigenvalue weighted by molar-refractivity contribution is 5.82. The van der Waals surface area contributed by atoms with Crippen LogP contribution in [0.1, 0.15) is 25.7 Å². The minimum Gasteiger partial charge on any atom is -0.478 e. The van der Waals surface area contributed by atoms with Crippen LogP contribution in [0.3, 0.4) is 0 Å². The van der Waals surface area contributed by atoms with Crippen LogP contribution in [0.15, 0.2) is 30.3 Å². The first-order valence-corrected chi connectivity index (χ1v) is 7.99. The van der Waals surface area contributed by atoms with Gasteiger partial charge in [0, 0.05) is 32.5 Å². The SMILES string of the molecule is O=C([C@H]1CCCO1)N1CCC(Oc2ccccc2)(C(=O)O)CC1. The predicted molar refractivity (Wildman–Crippen MR) is 82.2 cm³/mol. The minimum atomic E-state index is -1.27. The average molecular weight is 319 g/mol. The molecular weight excluding hydrogens is 298 g/mol. The zero-order chi connectivity index (χ0) is 16.3. The van der Waals surface area contributed by atoms with E-state index >= 15 is 0 Å². The number of para-hydroxylation sites is 1. The maximum atomic E-state index is 12.4. The predicted octanol–water partition coefficient (Wildman–Crippen LogP) is 1.69. The van der Waals surface area contributed by atoms with Crippen LogP contribution in [-0.2, 0) is 14.3 Å². The molecule has 0 aromatic heterocycles. The van der Waals surface area contributed by atoms with Crippen LogP contribution in [0.4, 0.5) is 0 Å². The van der Waals surface area contributed by atoms with Gasteiger partial charge in [-0.25, -0.2) is 4.79 Å². The summed E-state index contributed by atoms with van der Waals surface area (Å²) in [5.74, 6) is -0.472. The van der Waals surface area contributed by atoms with Gasteiger partial charge in [-0.05, 0) is 25.0 Å². The van der Waals surface area contributed by atoms with E-state index in [0.29, 0.717) is 25.4 Å². The normalized spacial score (nSPS) is 23.5. The molecule has 0 saturated carbocycles. The molecule has 1 amide bonds. The van der Waals surface area contributed by atoms with Gasteiger partial charge in [0.05, 0.1) is 0 Å². The summed E-state index contributed by atoms with van der Waals surface area (Å²) in [6.07, 6.45) is 1.84. The van der Waals surface area contributed by atoms with Crippen LogP contribution in [0, 0.1) is 0 Å². The number of piperidine rings is 1. The molecule has 6 heteroatoms. The highest BCUT2D eigenvalue weighted by Crippen LogP contribution is 2.30. The highest BCUT2D eigenvalue weighted by atomic mass is 16.5. The summed E-state index contributed by atoms with van der Waals surface area (Å²) >= 11 is 0. The van der Waals surface area contributed by atoms with Gasteiger partial charge in [0.15, 0.2) is 0 Å². The smallest absolute Gasteiger partial charge is 0.348 e. The summed E-state index contributed by atoms with van der Waals surface area (Å²) in [4.78, 5) is 25.8. The van der Waals surface area contributed by atoms with Crippen molar-refractivity contribution in [3.05, 3.63) is 30.3 Å². The monoisotopic (exact) mass is 319 g/mol. The van der Waals surface area contributed by atoms with Gasteiger partial charge in [-0.1, -0.05) is 18.2 Å². The third kappa shape index (κ3) is 3.32. The van der Waals surface area contributed by atoms with E-state index in [-0.39, 0.29) is 24.9 Å². The third-order valence-electron chi connectivity index (χ3n) is 4.53. The summed E-state index contributed by atoms with van der Waals surface area (Å²) in [5, 5.41) is 9.63. The van der Waals surface area contributed by atoms with Crippen LogP contribution in [0.5, 0.6) is 5.75 Å². The van der Waals surface area contributed by atoms with Crippen LogP contribution in [0.25, 0.3) is 0 Å². The fourth-order valence-corrected chi connectivity index (χ4v) is 3.14. The fraction of sp³-hybridized carbons (Fsp3) is 0.529. The third-order valence-corrected chi connectivity index (χ3v) is 4.53. The van der Waals surface area contributed by atoms with Gasteiger partial charge < -0.3 is 19.5 Å². The topological polar surface area (TPSA) is 76.1 Å². The first-order chi connectivity index (χ1) is 11.1. The Hall–Kier alpha value is -2.08.